The van der Waals surface area contributed by atoms with E-state index in [1.54, 1.807) is 37.4 Å². The molecule has 0 aliphatic rings. The molecule has 2 amide bonds. The summed E-state index contributed by atoms with van der Waals surface area (Å²) in [5.74, 6) is -1.34. The number of rotatable bonds is 9. The van der Waals surface area contributed by atoms with E-state index in [0.29, 0.717) is 16.4 Å². The summed E-state index contributed by atoms with van der Waals surface area (Å²) < 4.78 is 25.4. The monoisotopic (exact) mass is 485 g/mol. The number of nitrogens with one attached hydrogen (secondary N) is 1. The zero-order valence-electron chi connectivity index (χ0n) is 19.6. The van der Waals surface area contributed by atoms with Crippen LogP contribution < -0.4 is 21.4 Å². The number of nitrogens with zero attached hydrogens (tertiary/aromatic N) is 1. The van der Waals surface area contributed by atoms with E-state index in [1.165, 1.54) is 17.0 Å². The molecule has 0 unspecified atom stereocenters. The van der Waals surface area contributed by atoms with E-state index in [0.717, 1.165) is 5.56 Å². The second-order valence-electron chi connectivity index (χ2n) is 9.04. The van der Waals surface area contributed by atoms with Gasteiger partial charge in [0.25, 0.3) is 5.56 Å². The average molecular weight is 486 g/mol. The highest BCUT2D eigenvalue weighted by atomic mass is 28.3. The number of carbonyl (C=O) groups excluding carboxylic acids is 2. The quantitative estimate of drug-likeness (QED) is 0.452. The number of ether oxygens (including phenoxy) is 1. The lowest BCUT2D eigenvalue weighted by atomic mass is 10.0. The normalized spacial score (nSPS) is 11.4. The predicted molar refractivity (Wildman–Crippen MR) is 130 cm³/mol. The largest absolute Gasteiger partial charge is 0.383 e. The Labute approximate surface area is 197 Å². The molecule has 180 valence electrons. The molecule has 10 heteroatoms. The van der Waals surface area contributed by atoms with Crippen LogP contribution in [-0.2, 0) is 33.8 Å². The van der Waals surface area contributed by atoms with Gasteiger partial charge >= 0.3 is 0 Å². The van der Waals surface area contributed by atoms with E-state index in [2.05, 4.69) is 5.16 Å². The first kappa shape index (κ1) is 25.1. The van der Waals surface area contributed by atoms with E-state index in [-0.39, 0.29) is 30.9 Å². The number of nitrogens with two attached hydrogens (primary N) is 1. The van der Waals surface area contributed by atoms with Crippen molar-refractivity contribution < 1.29 is 23.2 Å². The van der Waals surface area contributed by atoms with Crippen LogP contribution in [0, 0.1) is 5.82 Å². The first-order chi connectivity index (χ1) is 16.0. The molecule has 8 nitrogen and oxygen atoms in total. The Balaban J connectivity index is 2.18. The summed E-state index contributed by atoms with van der Waals surface area (Å²) in [7, 11) is -0.423. The number of benzene rings is 2. The number of hydrogen-bond acceptors (Lipinski definition) is 5. The van der Waals surface area contributed by atoms with Gasteiger partial charge in [-0.25, -0.2) is 4.39 Å². The molecule has 34 heavy (non-hydrogen) atoms. The van der Waals surface area contributed by atoms with Crippen molar-refractivity contribution in [2.75, 3.05) is 12.0 Å². The predicted octanol–water partition coefficient (Wildman–Crippen LogP) is 2.73. The van der Waals surface area contributed by atoms with Crippen LogP contribution in [0.15, 0.2) is 51.8 Å². The lowest BCUT2D eigenvalue weighted by Gasteiger charge is -2.27. The van der Waals surface area contributed by atoms with Gasteiger partial charge in [-0.1, -0.05) is 37.8 Å². The summed E-state index contributed by atoms with van der Waals surface area (Å²) in [5.41, 5.74) is 6.86. The van der Waals surface area contributed by atoms with Gasteiger partial charge in [0, 0.05) is 13.2 Å². The molecule has 3 N–H and O–H groups in total. The summed E-state index contributed by atoms with van der Waals surface area (Å²) in [6.45, 7) is 6.35. The first-order valence-corrected chi connectivity index (χ1v) is 14.2. The summed E-state index contributed by atoms with van der Waals surface area (Å²) in [5, 5.41) is 2.78. The van der Waals surface area contributed by atoms with Gasteiger partial charge < -0.3 is 15.0 Å². The van der Waals surface area contributed by atoms with Gasteiger partial charge in [0.05, 0.1) is 38.9 Å². The molecule has 0 spiro atoms. The summed E-state index contributed by atoms with van der Waals surface area (Å²) in [6, 6.07) is 11.0. The van der Waals surface area contributed by atoms with Crippen molar-refractivity contribution in [3.05, 3.63) is 75.5 Å². The number of methoxy groups -OCH3 is 1. The van der Waals surface area contributed by atoms with Gasteiger partial charge in [-0.3, -0.25) is 19.3 Å². The van der Waals surface area contributed by atoms with Crippen LogP contribution >= 0.6 is 0 Å². The molecule has 0 saturated carbocycles. The molecule has 3 aromatic rings. The van der Waals surface area contributed by atoms with Crippen LogP contribution in [-0.4, -0.2) is 32.2 Å². The van der Waals surface area contributed by atoms with Gasteiger partial charge in [0.1, 0.15) is 11.6 Å². The number of hydrogen-bond donors (Lipinski definition) is 2. The number of amides is 2. The minimum atomic E-state index is -1.96. The van der Waals surface area contributed by atoms with Crippen LogP contribution in [0.3, 0.4) is 0 Å². The Morgan fingerprint density at radius 2 is 1.85 bits per heavy atom. The molecule has 0 saturated heterocycles. The third kappa shape index (κ3) is 5.89. The Kier molecular flexibility index (Phi) is 7.53. The Morgan fingerprint density at radius 3 is 2.41 bits per heavy atom. The number of aromatic amines is 1. The summed E-state index contributed by atoms with van der Waals surface area (Å²) >= 11 is 0. The molecule has 1 aromatic heterocycles. The molecule has 0 aliphatic heterocycles. The molecule has 0 atom stereocenters. The van der Waals surface area contributed by atoms with Crippen molar-refractivity contribution in [3.63, 3.8) is 0 Å². The first-order valence-electron chi connectivity index (χ1n) is 10.7. The van der Waals surface area contributed by atoms with Crippen molar-refractivity contribution in [1.29, 1.82) is 0 Å². The number of primary amides is 1. The van der Waals surface area contributed by atoms with Crippen LogP contribution in [0.5, 0.6) is 0 Å². The van der Waals surface area contributed by atoms with E-state index in [1.807, 2.05) is 19.6 Å². The van der Waals surface area contributed by atoms with Crippen molar-refractivity contribution in [1.82, 2.24) is 5.16 Å². The SMILES string of the molecule is COCc1ccc(CC(N)=O)c(N(C(=O)Cc2cc(=O)[nH]o2)c2ccc([Si](C)(C)C)c(F)c2)c1. The number of aromatic nitrogens is 1. The molecule has 0 bridgehead atoms. The highest BCUT2D eigenvalue weighted by molar-refractivity contribution is 6.88. The van der Waals surface area contributed by atoms with Crippen molar-refractivity contribution in [3.8, 4) is 0 Å². The molecule has 0 fully saturated rings. The fourth-order valence-electron chi connectivity index (χ4n) is 3.72. The van der Waals surface area contributed by atoms with E-state index < -0.39 is 31.3 Å². The van der Waals surface area contributed by atoms with E-state index >= 15 is 4.39 Å². The molecular weight excluding hydrogens is 457 g/mol. The van der Waals surface area contributed by atoms with Crippen LogP contribution in [0.4, 0.5) is 15.8 Å². The summed E-state index contributed by atoms with van der Waals surface area (Å²) in [4.78, 5) is 38.0. The fraction of sp³-hybridized carbons (Fsp3) is 0.292. The Hall–Kier alpha value is -3.50. The number of anilines is 2. The topological polar surface area (TPSA) is 119 Å². The Morgan fingerprint density at radius 1 is 1.12 bits per heavy atom. The van der Waals surface area contributed by atoms with Crippen LogP contribution in [0.2, 0.25) is 19.6 Å². The maximum Gasteiger partial charge on any atom is 0.280 e. The van der Waals surface area contributed by atoms with Crippen molar-refractivity contribution >= 4 is 36.4 Å². The zero-order valence-corrected chi connectivity index (χ0v) is 20.6. The van der Waals surface area contributed by atoms with Crippen molar-refractivity contribution in [2.24, 2.45) is 5.73 Å². The maximum absolute atomic E-state index is 15.2. The lowest BCUT2D eigenvalue weighted by Crippen LogP contribution is -2.40. The van der Waals surface area contributed by atoms with Gasteiger partial charge in [-0.2, -0.15) is 5.16 Å². The highest BCUT2D eigenvalue weighted by Gasteiger charge is 2.26. The minimum Gasteiger partial charge on any atom is -0.383 e. The second-order valence-corrected chi connectivity index (χ2v) is 14.1. The minimum absolute atomic E-state index is 0.124. The smallest absolute Gasteiger partial charge is 0.280 e. The zero-order chi connectivity index (χ0) is 25.0. The van der Waals surface area contributed by atoms with Gasteiger partial charge in [-0.05, 0) is 34.5 Å². The van der Waals surface area contributed by atoms with Gasteiger partial charge in [-0.15, -0.1) is 0 Å². The number of carbonyl (C=O) groups is 2. The van der Waals surface area contributed by atoms with Crippen molar-refractivity contribution in [2.45, 2.75) is 39.1 Å². The molecule has 2 aromatic carbocycles. The molecule has 3 rings (SSSR count). The van der Waals surface area contributed by atoms with E-state index in [9.17, 15) is 14.4 Å². The fourth-order valence-corrected chi connectivity index (χ4v) is 5.09. The maximum atomic E-state index is 15.2. The molecule has 0 aliphatic carbocycles. The van der Waals surface area contributed by atoms with Gasteiger partial charge in [0.15, 0.2) is 0 Å². The molecular formula is C24H28FN3O5Si. The lowest BCUT2D eigenvalue weighted by molar-refractivity contribution is -0.118. The summed E-state index contributed by atoms with van der Waals surface area (Å²) in [6.07, 6.45) is -0.387. The molecule has 0 radical (unpaired) electrons. The van der Waals surface area contributed by atoms with Crippen LogP contribution in [0.25, 0.3) is 0 Å². The third-order valence-corrected chi connectivity index (χ3v) is 7.26. The third-order valence-electron chi connectivity index (χ3n) is 5.23. The van der Waals surface area contributed by atoms with Gasteiger partial charge in [0.2, 0.25) is 11.8 Å². The highest BCUT2D eigenvalue weighted by Crippen LogP contribution is 2.32. The second kappa shape index (κ2) is 10.2. The standard InChI is InChI=1S/C24H28FN3O5Si/c1-32-14-15-5-6-16(10-22(26)29)20(9-15)28(24(31)13-18-12-23(30)27-33-18)17-7-8-21(19(25)11-17)34(2,3)4/h5-9,11-12H,10,13-14H2,1-4H3,(H2,26,29)(H,27,30). The van der Waals surface area contributed by atoms with E-state index in [4.69, 9.17) is 15.0 Å². The number of H-pyrrole nitrogens is 1. The average Bonchev–Trinajstić information content (AvgIpc) is 3.13. The molecule has 1 heterocycles. The number of halogens is 1. The van der Waals surface area contributed by atoms with Crippen LogP contribution in [0.1, 0.15) is 16.9 Å². The Bertz CT molecular complexity index is 1260.